The number of ether oxygens (including phenoxy) is 2. The van der Waals surface area contributed by atoms with Crippen LogP contribution in [0.2, 0.25) is 0 Å². The van der Waals surface area contributed by atoms with E-state index in [2.05, 4.69) is 10.3 Å². The van der Waals surface area contributed by atoms with Gasteiger partial charge in [0, 0.05) is 19.8 Å². The first-order chi connectivity index (χ1) is 10.7. The summed E-state index contributed by atoms with van der Waals surface area (Å²) in [6, 6.07) is 11.1. The van der Waals surface area contributed by atoms with Crippen molar-refractivity contribution in [3.8, 4) is 11.5 Å². The molecule has 1 aliphatic rings. The van der Waals surface area contributed by atoms with Crippen LogP contribution in [0.1, 0.15) is 11.3 Å². The summed E-state index contributed by atoms with van der Waals surface area (Å²) in [5, 5.41) is 2.84. The van der Waals surface area contributed by atoms with E-state index < -0.39 is 0 Å². The summed E-state index contributed by atoms with van der Waals surface area (Å²) < 4.78 is 10.6. The minimum absolute atomic E-state index is 0.150. The van der Waals surface area contributed by atoms with Crippen LogP contribution < -0.4 is 14.8 Å². The molecule has 22 heavy (non-hydrogen) atoms. The topological polar surface area (TPSA) is 63.7 Å². The Morgan fingerprint density at radius 1 is 1.27 bits per heavy atom. The second-order valence-electron chi connectivity index (χ2n) is 5.02. The van der Waals surface area contributed by atoms with Crippen molar-refractivity contribution in [2.24, 2.45) is 0 Å². The zero-order valence-electron chi connectivity index (χ0n) is 12.3. The van der Waals surface area contributed by atoms with Gasteiger partial charge in [-0.2, -0.15) is 0 Å². The van der Waals surface area contributed by atoms with E-state index in [0.29, 0.717) is 13.1 Å². The van der Waals surface area contributed by atoms with Crippen LogP contribution in [0.25, 0.3) is 0 Å². The minimum Gasteiger partial charge on any atom is -0.454 e. The molecular formula is C16H17N3O3. The first-order valence-corrected chi connectivity index (χ1v) is 7.00. The number of aromatic nitrogens is 1. The van der Waals surface area contributed by atoms with Crippen molar-refractivity contribution in [3.05, 3.63) is 53.9 Å². The summed E-state index contributed by atoms with van der Waals surface area (Å²) >= 11 is 0. The molecule has 114 valence electrons. The predicted octanol–water partition coefficient (Wildman–Crippen LogP) is 2.15. The summed E-state index contributed by atoms with van der Waals surface area (Å²) in [5.41, 5.74) is 1.81. The molecule has 1 N–H and O–H groups in total. The van der Waals surface area contributed by atoms with Gasteiger partial charge in [0.05, 0.1) is 12.2 Å². The van der Waals surface area contributed by atoms with E-state index in [1.54, 1.807) is 18.1 Å². The van der Waals surface area contributed by atoms with E-state index in [4.69, 9.17) is 9.47 Å². The molecule has 0 atom stereocenters. The Balaban J connectivity index is 1.55. The maximum Gasteiger partial charge on any atom is 0.317 e. The van der Waals surface area contributed by atoms with Crippen molar-refractivity contribution in [1.82, 2.24) is 15.2 Å². The van der Waals surface area contributed by atoms with E-state index in [0.717, 1.165) is 22.8 Å². The Bertz CT molecular complexity index is 661. The van der Waals surface area contributed by atoms with Gasteiger partial charge in [0.2, 0.25) is 6.79 Å². The molecule has 6 nitrogen and oxygen atoms in total. The van der Waals surface area contributed by atoms with Gasteiger partial charge in [0.1, 0.15) is 0 Å². The van der Waals surface area contributed by atoms with Crippen LogP contribution in [-0.2, 0) is 13.1 Å². The van der Waals surface area contributed by atoms with Crippen molar-refractivity contribution in [1.29, 1.82) is 0 Å². The zero-order valence-corrected chi connectivity index (χ0v) is 12.3. The Morgan fingerprint density at radius 3 is 2.95 bits per heavy atom. The van der Waals surface area contributed by atoms with Gasteiger partial charge in [-0.15, -0.1) is 0 Å². The molecule has 2 amide bonds. The lowest BCUT2D eigenvalue weighted by atomic mass is 10.2. The van der Waals surface area contributed by atoms with Crippen LogP contribution in [0.5, 0.6) is 11.5 Å². The molecular weight excluding hydrogens is 282 g/mol. The Hall–Kier alpha value is -2.76. The largest absolute Gasteiger partial charge is 0.454 e. The number of pyridine rings is 1. The summed E-state index contributed by atoms with van der Waals surface area (Å²) in [7, 11) is 1.75. The Labute approximate surface area is 128 Å². The highest BCUT2D eigenvalue weighted by Gasteiger charge is 2.15. The normalized spacial score (nSPS) is 12.0. The third kappa shape index (κ3) is 3.28. The first-order valence-electron chi connectivity index (χ1n) is 7.00. The maximum atomic E-state index is 12.1. The van der Waals surface area contributed by atoms with Gasteiger partial charge >= 0.3 is 6.03 Å². The Kier molecular flexibility index (Phi) is 4.09. The number of benzene rings is 1. The number of nitrogens with zero attached hydrogens (tertiary/aromatic N) is 2. The minimum atomic E-state index is -0.150. The molecule has 0 bridgehead atoms. The monoisotopic (exact) mass is 299 g/mol. The lowest BCUT2D eigenvalue weighted by Gasteiger charge is -2.18. The molecule has 1 aromatic carbocycles. The molecule has 0 radical (unpaired) electrons. The third-order valence-corrected chi connectivity index (χ3v) is 3.35. The maximum absolute atomic E-state index is 12.1. The van der Waals surface area contributed by atoms with E-state index in [1.165, 1.54) is 0 Å². The van der Waals surface area contributed by atoms with Crippen molar-refractivity contribution < 1.29 is 14.3 Å². The summed E-state index contributed by atoms with van der Waals surface area (Å²) in [4.78, 5) is 17.9. The fraction of sp³-hybridized carbons (Fsp3) is 0.250. The smallest absolute Gasteiger partial charge is 0.317 e. The molecule has 6 heteroatoms. The van der Waals surface area contributed by atoms with Crippen molar-refractivity contribution in [3.63, 3.8) is 0 Å². The van der Waals surface area contributed by atoms with Crippen molar-refractivity contribution in [2.45, 2.75) is 13.1 Å². The molecule has 2 heterocycles. The second kappa shape index (κ2) is 6.34. The lowest BCUT2D eigenvalue weighted by Crippen LogP contribution is -2.36. The number of hydrogen-bond acceptors (Lipinski definition) is 4. The van der Waals surface area contributed by atoms with Gasteiger partial charge in [0.15, 0.2) is 11.5 Å². The van der Waals surface area contributed by atoms with Crippen molar-refractivity contribution >= 4 is 6.03 Å². The second-order valence-corrected chi connectivity index (χ2v) is 5.02. The van der Waals surface area contributed by atoms with E-state index in [-0.39, 0.29) is 12.8 Å². The molecule has 1 aromatic heterocycles. The summed E-state index contributed by atoms with van der Waals surface area (Å²) in [5.74, 6) is 1.46. The van der Waals surface area contributed by atoms with Crippen molar-refractivity contribution in [2.75, 3.05) is 13.8 Å². The highest BCUT2D eigenvalue weighted by molar-refractivity contribution is 5.73. The Morgan fingerprint density at radius 2 is 2.14 bits per heavy atom. The molecule has 0 saturated carbocycles. The number of fused-ring (bicyclic) bond motifs is 1. The average Bonchev–Trinajstić information content (AvgIpc) is 3.01. The molecule has 1 aliphatic heterocycles. The first kappa shape index (κ1) is 14.2. The van der Waals surface area contributed by atoms with Gasteiger partial charge in [-0.3, -0.25) is 4.98 Å². The predicted molar refractivity (Wildman–Crippen MR) is 80.5 cm³/mol. The molecule has 0 saturated heterocycles. The number of carbonyl (C=O) groups excluding carboxylic acids is 1. The molecule has 0 aliphatic carbocycles. The molecule has 2 aromatic rings. The van der Waals surface area contributed by atoms with Gasteiger partial charge < -0.3 is 19.7 Å². The molecule has 0 unspecified atom stereocenters. The van der Waals surface area contributed by atoms with Gasteiger partial charge in [-0.1, -0.05) is 12.1 Å². The number of urea groups is 1. The average molecular weight is 299 g/mol. The van der Waals surface area contributed by atoms with Crippen LogP contribution in [0.15, 0.2) is 42.6 Å². The van der Waals surface area contributed by atoms with Crippen LogP contribution in [0.4, 0.5) is 4.79 Å². The van der Waals surface area contributed by atoms with Gasteiger partial charge in [-0.25, -0.2) is 4.79 Å². The van der Waals surface area contributed by atoms with Gasteiger partial charge in [0.25, 0.3) is 0 Å². The number of nitrogens with one attached hydrogen (secondary N) is 1. The highest BCUT2D eigenvalue weighted by atomic mass is 16.7. The number of amides is 2. The summed E-state index contributed by atoms with van der Waals surface area (Å²) in [6.45, 7) is 1.15. The van der Waals surface area contributed by atoms with Crippen LogP contribution in [0, 0.1) is 0 Å². The number of hydrogen-bond donors (Lipinski definition) is 1. The van der Waals surface area contributed by atoms with Crippen LogP contribution >= 0.6 is 0 Å². The SMILES string of the molecule is CN(Cc1ccc2c(c1)OCO2)C(=O)NCc1ccccn1. The van der Waals surface area contributed by atoms with E-state index in [9.17, 15) is 4.79 Å². The summed E-state index contributed by atoms with van der Waals surface area (Å²) in [6.07, 6.45) is 1.71. The number of carbonyl (C=O) groups is 1. The van der Waals surface area contributed by atoms with E-state index in [1.807, 2.05) is 36.4 Å². The standard InChI is InChI=1S/C16H17N3O3/c1-19(16(20)18-9-13-4-2-3-7-17-13)10-12-5-6-14-15(8-12)22-11-21-14/h2-8H,9-11H2,1H3,(H,18,20). The van der Waals surface area contributed by atoms with Crippen LogP contribution in [0.3, 0.4) is 0 Å². The lowest BCUT2D eigenvalue weighted by molar-refractivity contribution is 0.174. The zero-order chi connectivity index (χ0) is 15.4. The number of rotatable bonds is 4. The highest BCUT2D eigenvalue weighted by Crippen LogP contribution is 2.32. The quantitative estimate of drug-likeness (QED) is 0.939. The molecule has 0 fully saturated rings. The molecule has 0 spiro atoms. The fourth-order valence-corrected chi connectivity index (χ4v) is 2.19. The van der Waals surface area contributed by atoms with Crippen LogP contribution in [-0.4, -0.2) is 29.8 Å². The van der Waals surface area contributed by atoms with E-state index >= 15 is 0 Å². The van der Waals surface area contributed by atoms with Gasteiger partial charge in [-0.05, 0) is 29.8 Å². The fourth-order valence-electron chi connectivity index (χ4n) is 2.19. The third-order valence-electron chi connectivity index (χ3n) is 3.35. The molecule has 3 rings (SSSR count).